The normalized spacial score (nSPS) is 19.0. The third-order valence-corrected chi connectivity index (χ3v) is 7.55. The van der Waals surface area contributed by atoms with E-state index in [1.807, 2.05) is 101 Å². The van der Waals surface area contributed by atoms with Crippen LogP contribution in [-0.4, -0.2) is 29.9 Å². The van der Waals surface area contributed by atoms with Gasteiger partial charge in [-0.1, -0.05) is 84.9 Å². The Morgan fingerprint density at radius 2 is 1.40 bits per heavy atom. The van der Waals surface area contributed by atoms with Crippen LogP contribution in [0.2, 0.25) is 0 Å². The molecule has 2 aliphatic rings. The summed E-state index contributed by atoms with van der Waals surface area (Å²) in [6, 6.07) is 34.0. The first-order chi connectivity index (χ1) is 17.2. The second-order valence-corrected chi connectivity index (χ2v) is 9.42. The molecule has 4 aromatic rings. The lowest BCUT2D eigenvalue weighted by Gasteiger charge is -2.59. The van der Waals surface area contributed by atoms with E-state index in [-0.39, 0.29) is 18.0 Å². The Labute approximate surface area is 205 Å². The Hall–Kier alpha value is -4.12. The SMILES string of the molecule is O=C(Nc1cccc2ccccc12)N1CCC2(CC1)C(=O)N(c1ccccc1)C2c1ccccc1. The molecule has 0 bridgehead atoms. The van der Waals surface area contributed by atoms with Crippen molar-refractivity contribution in [1.82, 2.24) is 4.90 Å². The van der Waals surface area contributed by atoms with Gasteiger partial charge in [-0.05, 0) is 42.0 Å². The molecule has 1 spiro atoms. The topological polar surface area (TPSA) is 52.7 Å². The zero-order valence-electron chi connectivity index (χ0n) is 19.4. The van der Waals surface area contributed by atoms with Crippen LogP contribution in [0.25, 0.3) is 10.8 Å². The van der Waals surface area contributed by atoms with Crippen molar-refractivity contribution in [3.05, 3.63) is 109 Å². The van der Waals surface area contributed by atoms with Crippen molar-refractivity contribution in [3.63, 3.8) is 0 Å². The van der Waals surface area contributed by atoms with Crippen LogP contribution in [0.5, 0.6) is 0 Å². The molecule has 1 unspecified atom stereocenters. The quantitative estimate of drug-likeness (QED) is 0.367. The van der Waals surface area contributed by atoms with E-state index >= 15 is 0 Å². The molecule has 2 heterocycles. The summed E-state index contributed by atoms with van der Waals surface area (Å²) in [4.78, 5) is 30.6. The standard InChI is InChI=1S/C30H27N3O2/c34-28-30(27(23-11-3-1-4-12-23)33(28)24-14-5-2-6-15-24)18-20-32(21-19-30)29(35)31-26-17-9-13-22-10-7-8-16-25(22)26/h1-17,27H,18-21H2,(H,31,35). The summed E-state index contributed by atoms with van der Waals surface area (Å²) in [7, 11) is 0. The molecular weight excluding hydrogens is 434 g/mol. The molecule has 174 valence electrons. The molecule has 3 amide bonds. The second kappa shape index (κ2) is 8.58. The van der Waals surface area contributed by atoms with Crippen molar-refractivity contribution in [2.75, 3.05) is 23.3 Å². The molecule has 2 fully saturated rings. The molecule has 2 aliphatic heterocycles. The van der Waals surface area contributed by atoms with Crippen LogP contribution in [0.4, 0.5) is 16.2 Å². The lowest BCUT2D eigenvalue weighted by molar-refractivity contribution is -0.144. The van der Waals surface area contributed by atoms with Crippen LogP contribution < -0.4 is 10.2 Å². The van der Waals surface area contributed by atoms with Gasteiger partial charge in [0, 0.05) is 24.2 Å². The number of nitrogens with one attached hydrogen (secondary N) is 1. The summed E-state index contributed by atoms with van der Waals surface area (Å²) in [5, 5.41) is 5.21. The van der Waals surface area contributed by atoms with Gasteiger partial charge in [0.25, 0.3) is 0 Å². The number of β-lactam (4-membered cyclic amide) rings is 1. The Kier molecular flexibility index (Phi) is 5.25. The maximum Gasteiger partial charge on any atom is 0.321 e. The highest BCUT2D eigenvalue weighted by molar-refractivity contribution is 6.07. The van der Waals surface area contributed by atoms with Crippen LogP contribution in [-0.2, 0) is 4.79 Å². The number of anilines is 2. The van der Waals surface area contributed by atoms with Crippen LogP contribution in [0.1, 0.15) is 24.4 Å². The van der Waals surface area contributed by atoms with Gasteiger partial charge >= 0.3 is 6.03 Å². The molecule has 5 heteroatoms. The molecule has 0 aliphatic carbocycles. The molecule has 2 saturated heterocycles. The first-order valence-corrected chi connectivity index (χ1v) is 12.1. The summed E-state index contributed by atoms with van der Waals surface area (Å²) in [6.07, 6.45) is 1.30. The predicted octanol–water partition coefficient (Wildman–Crippen LogP) is 6.24. The van der Waals surface area contributed by atoms with Gasteiger partial charge in [-0.2, -0.15) is 0 Å². The van der Waals surface area contributed by atoms with E-state index in [0.717, 1.165) is 27.7 Å². The summed E-state index contributed by atoms with van der Waals surface area (Å²) in [5.74, 6) is 0.159. The first-order valence-electron chi connectivity index (χ1n) is 12.1. The largest absolute Gasteiger partial charge is 0.324 e. The first kappa shape index (κ1) is 21.4. The highest BCUT2D eigenvalue weighted by Crippen LogP contribution is 2.57. The Morgan fingerprint density at radius 3 is 2.14 bits per heavy atom. The number of amides is 3. The molecule has 0 aromatic heterocycles. The monoisotopic (exact) mass is 461 g/mol. The zero-order chi connectivity index (χ0) is 23.8. The molecule has 5 nitrogen and oxygen atoms in total. The summed E-state index contributed by atoms with van der Waals surface area (Å²) in [6.45, 7) is 1.10. The number of hydrogen-bond donors (Lipinski definition) is 1. The number of carbonyl (C=O) groups excluding carboxylic acids is 2. The Balaban J connectivity index is 1.22. The van der Waals surface area contributed by atoms with Gasteiger partial charge in [-0.25, -0.2) is 4.79 Å². The number of fused-ring (bicyclic) bond motifs is 1. The van der Waals surface area contributed by atoms with Crippen molar-refractivity contribution in [2.45, 2.75) is 18.9 Å². The fourth-order valence-corrected chi connectivity index (χ4v) is 5.74. The van der Waals surface area contributed by atoms with Crippen molar-refractivity contribution >= 4 is 34.1 Å². The minimum Gasteiger partial charge on any atom is -0.324 e. The minimum atomic E-state index is -0.479. The van der Waals surface area contributed by atoms with E-state index < -0.39 is 5.41 Å². The van der Waals surface area contributed by atoms with Gasteiger partial charge in [-0.15, -0.1) is 0 Å². The second-order valence-electron chi connectivity index (χ2n) is 9.42. The number of hydrogen-bond acceptors (Lipinski definition) is 2. The minimum absolute atomic E-state index is 0.0260. The highest BCUT2D eigenvalue weighted by Gasteiger charge is 2.62. The number of urea groups is 1. The van der Waals surface area contributed by atoms with E-state index in [4.69, 9.17) is 0 Å². The van der Waals surface area contributed by atoms with Crippen LogP contribution in [0.3, 0.4) is 0 Å². The third kappa shape index (κ3) is 3.55. The predicted molar refractivity (Wildman–Crippen MR) is 139 cm³/mol. The lowest BCUT2D eigenvalue weighted by Crippen LogP contribution is -2.67. The number of piperidine rings is 1. The van der Waals surface area contributed by atoms with Gasteiger partial charge in [0.2, 0.25) is 5.91 Å². The average Bonchev–Trinajstić information content (AvgIpc) is 2.92. The fourth-order valence-electron chi connectivity index (χ4n) is 5.74. The molecule has 6 rings (SSSR count). The number of para-hydroxylation sites is 1. The van der Waals surface area contributed by atoms with Crippen LogP contribution in [0, 0.1) is 5.41 Å². The van der Waals surface area contributed by atoms with Crippen LogP contribution in [0.15, 0.2) is 103 Å². The molecule has 4 aromatic carbocycles. The molecule has 0 saturated carbocycles. The van der Waals surface area contributed by atoms with Gasteiger partial charge in [0.05, 0.1) is 17.1 Å². The lowest BCUT2D eigenvalue weighted by atomic mass is 9.62. The molecule has 1 N–H and O–H groups in total. The van der Waals surface area contributed by atoms with E-state index in [9.17, 15) is 9.59 Å². The zero-order valence-corrected chi connectivity index (χ0v) is 19.4. The van der Waals surface area contributed by atoms with Gasteiger partial charge in [0.1, 0.15) is 0 Å². The Bertz CT molecular complexity index is 1370. The van der Waals surface area contributed by atoms with Gasteiger partial charge < -0.3 is 15.1 Å². The molecule has 35 heavy (non-hydrogen) atoms. The van der Waals surface area contributed by atoms with Crippen molar-refractivity contribution in [2.24, 2.45) is 5.41 Å². The van der Waals surface area contributed by atoms with Crippen molar-refractivity contribution < 1.29 is 9.59 Å². The maximum atomic E-state index is 13.6. The fraction of sp³-hybridized carbons (Fsp3) is 0.200. The summed E-state index contributed by atoms with van der Waals surface area (Å²) >= 11 is 0. The number of rotatable bonds is 3. The Morgan fingerprint density at radius 1 is 0.771 bits per heavy atom. The number of carbonyl (C=O) groups is 2. The van der Waals surface area contributed by atoms with Gasteiger partial charge in [-0.3, -0.25) is 4.79 Å². The van der Waals surface area contributed by atoms with Crippen molar-refractivity contribution in [1.29, 1.82) is 0 Å². The van der Waals surface area contributed by atoms with Crippen LogP contribution >= 0.6 is 0 Å². The summed E-state index contributed by atoms with van der Waals surface area (Å²) in [5.41, 5.74) is 2.40. The maximum absolute atomic E-state index is 13.6. The number of nitrogens with zero attached hydrogens (tertiary/aromatic N) is 2. The van der Waals surface area contributed by atoms with E-state index in [1.54, 1.807) is 0 Å². The van der Waals surface area contributed by atoms with E-state index in [0.29, 0.717) is 25.9 Å². The number of likely N-dealkylation sites (tertiary alicyclic amines) is 1. The average molecular weight is 462 g/mol. The molecular formula is C30H27N3O2. The smallest absolute Gasteiger partial charge is 0.321 e. The van der Waals surface area contributed by atoms with Crippen molar-refractivity contribution in [3.8, 4) is 0 Å². The highest BCUT2D eigenvalue weighted by atomic mass is 16.2. The molecule has 0 radical (unpaired) electrons. The summed E-state index contributed by atoms with van der Waals surface area (Å²) < 4.78 is 0. The third-order valence-electron chi connectivity index (χ3n) is 7.55. The van der Waals surface area contributed by atoms with E-state index in [2.05, 4.69) is 17.4 Å². The number of benzene rings is 4. The van der Waals surface area contributed by atoms with E-state index in [1.165, 1.54) is 0 Å². The molecule has 1 atom stereocenters. The van der Waals surface area contributed by atoms with Gasteiger partial charge in [0.15, 0.2) is 0 Å².